The highest BCUT2D eigenvalue weighted by Gasteiger charge is 2.25. The van der Waals surface area contributed by atoms with Gasteiger partial charge in [0.25, 0.3) is 0 Å². The van der Waals surface area contributed by atoms with Gasteiger partial charge in [0.2, 0.25) is 5.91 Å². The van der Waals surface area contributed by atoms with E-state index in [1.807, 2.05) is 32.0 Å². The molecule has 1 aromatic carbocycles. The Balaban J connectivity index is 1.66. The van der Waals surface area contributed by atoms with Crippen molar-refractivity contribution in [1.82, 2.24) is 20.2 Å². The Labute approximate surface area is 131 Å². The highest BCUT2D eigenvalue weighted by atomic mass is 16.2. The molecule has 1 fully saturated rings. The quantitative estimate of drug-likeness (QED) is 0.910. The van der Waals surface area contributed by atoms with E-state index < -0.39 is 0 Å². The lowest BCUT2D eigenvalue weighted by Gasteiger charge is -2.31. The van der Waals surface area contributed by atoms with E-state index in [2.05, 4.69) is 21.3 Å². The highest BCUT2D eigenvalue weighted by Crippen LogP contribution is 2.26. The number of piperidine rings is 1. The monoisotopic (exact) mass is 300 g/mol. The topological polar surface area (TPSA) is 61.0 Å². The number of hydrogen-bond donors (Lipinski definition) is 2. The van der Waals surface area contributed by atoms with Gasteiger partial charge in [0.05, 0.1) is 17.6 Å². The zero-order valence-electron chi connectivity index (χ0n) is 13.3. The number of aromatic amines is 1. The summed E-state index contributed by atoms with van der Waals surface area (Å²) in [5.41, 5.74) is 2.11. The Morgan fingerprint density at radius 2 is 2.27 bits per heavy atom. The number of nitrogens with one attached hydrogen (secondary N) is 2. The third-order valence-corrected chi connectivity index (χ3v) is 4.12. The molecule has 0 spiro atoms. The zero-order valence-corrected chi connectivity index (χ0v) is 13.3. The summed E-state index contributed by atoms with van der Waals surface area (Å²) < 4.78 is 0. The van der Waals surface area contributed by atoms with E-state index in [0.29, 0.717) is 12.5 Å². The van der Waals surface area contributed by atoms with Crippen LogP contribution in [0, 0.1) is 0 Å². The second kappa shape index (κ2) is 6.48. The molecule has 2 heterocycles. The zero-order chi connectivity index (χ0) is 15.5. The van der Waals surface area contributed by atoms with Gasteiger partial charge in [-0.2, -0.15) is 0 Å². The van der Waals surface area contributed by atoms with Crippen molar-refractivity contribution in [3.63, 3.8) is 0 Å². The molecule has 1 aliphatic heterocycles. The summed E-state index contributed by atoms with van der Waals surface area (Å²) in [5.74, 6) is 1.54. The third-order valence-electron chi connectivity index (χ3n) is 4.12. The van der Waals surface area contributed by atoms with Gasteiger partial charge < -0.3 is 10.3 Å². The van der Waals surface area contributed by atoms with Gasteiger partial charge in [0.15, 0.2) is 0 Å². The summed E-state index contributed by atoms with van der Waals surface area (Å²) >= 11 is 0. The van der Waals surface area contributed by atoms with Gasteiger partial charge >= 0.3 is 0 Å². The van der Waals surface area contributed by atoms with E-state index in [1.165, 1.54) is 0 Å². The Hall–Kier alpha value is -1.88. The molecule has 5 heteroatoms. The molecule has 0 bridgehead atoms. The van der Waals surface area contributed by atoms with Gasteiger partial charge in [-0.1, -0.05) is 12.1 Å². The summed E-state index contributed by atoms with van der Waals surface area (Å²) in [5, 5.41) is 2.96. The van der Waals surface area contributed by atoms with Crippen LogP contribution in [0.4, 0.5) is 0 Å². The van der Waals surface area contributed by atoms with Crippen LogP contribution in [0.1, 0.15) is 38.4 Å². The van der Waals surface area contributed by atoms with E-state index >= 15 is 0 Å². The fraction of sp³-hybridized carbons (Fsp3) is 0.529. The largest absolute Gasteiger partial charge is 0.353 e. The number of fused-ring (bicyclic) bond motifs is 1. The summed E-state index contributed by atoms with van der Waals surface area (Å²) in [6, 6.07) is 8.32. The minimum Gasteiger partial charge on any atom is -0.353 e. The van der Waals surface area contributed by atoms with Crippen molar-refractivity contribution in [1.29, 1.82) is 0 Å². The summed E-state index contributed by atoms with van der Waals surface area (Å²) in [4.78, 5) is 22.3. The van der Waals surface area contributed by atoms with Gasteiger partial charge in [-0.3, -0.25) is 9.69 Å². The molecule has 5 nitrogen and oxygen atoms in total. The average Bonchev–Trinajstić information content (AvgIpc) is 2.90. The summed E-state index contributed by atoms with van der Waals surface area (Å²) in [6.07, 6.45) is 2.23. The Kier molecular flexibility index (Phi) is 4.43. The van der Waals surface area contributed by atoms with Crippen molar-refractivity contribution in [2.45, 2.75) is 38.6 Å². The average molecular weight is 300 g/mol. The van der Waals surface area contributed by atoms with Gasteiger partial charge in [0.1, 0.15) is 5.82 Å². The number of benzene rings is 1. The fourth-order valence-electron chi connectivity index (χ4n) is 3.16. The SMILES string of the molecule is CC(C)NC(=O)CN1CCC[C@@H](c2nc3ccccc3[nH]2)C1. The number of H-pyrrole nitrogens is 1. The first kappa shape index (κ1) is 15.0. The minimum atomic E-state index is 0.111. The highest BCUT2D eigenvalue weighted by molar-refractivity contribution is 5.78. The van der Waals surface area contributed by atoms with E-state index in [-0.39, 0.29) is 11.9 Å². The fourth-order valence-corrected chi connectivity index (χ4v) is 3.16. The first-order chi connectivity index (χ1) is 10.6. The Morgan fingerprint density at radius 3 is 3.05 bits per heavy atom. The smallest absolute Gasteiger partial charge is 0.234 e. The maximum Gasteiger partial charge on any atom is 0.234 e. The van der Waals surface area contributed by atoms with E-state index in [4.69, 9.17) is 4.98 Å². The van der Waals surface area contributed by atoms with Gasteiger partial charge in [-0.25, -0.2) is 4.98 Å². The molecule has 1 aromatic heterocycles. The molecular weight excluding hydrogens is 276 g/mol. The molecular formula is C17H24N4O. The van der Waals surface area contributed by atoms with Crippen molar-refractivity contribution in [2.24, 2.45) is 0 Å². The number of likely N-dealkylation sites (tertiary alicyclic amines) is 1. The second-order valence-corrected chi connectivity index (χ2v) is 6.44. The molecule has 1 atom stereocenters. The number of carbonyl (C=O) groups is 1. The predicted octanol–water partition coefficient (Wildman–Crippen LogP) is 2.27. The lowest BCUT2D eigenvalue weighted by atomic mass is 9.97. The van der Waals surface area contributed by atoms with Crippen molar-refractivity contribution < 1.29 is 4.79 Å². The standard InChI is InChI=1S/C17H24N4O/c1-12(2)18-16(22)11-21-9-5-6-13(10-21)17-19-14-7-3-4-8-15(14)20-17/h3-4,7-8,12-13H,5-6,9-11H2,1-2H3,(H,18,22)(H,19,20)/t13-/m1/s1. The molecule has 3 rings (SSSR count). The molecule has 1 saturated heterocycles. The maximum absolute atomic E-state index is 11.9. The van der Waals surface area contributed by atoms with Crippen LogP contribution in [0.25, 0.3) is 11.0 Å². The number of para-hydroxylation sites is 2. The molecule has 118 valence electrons. The van der Waals surface area contributed by atoms with Crippen molar-refractivity contribution >= 4 is 16.9 Å². The number of nitrogens with zero attached hydrogens (tertiary/aromatic N) is 2. The van der Waals surface area contributed by atoms with Crippen LogP contribution in [0.2, 0.25) is 0 Å². The van der Waals surface area contributed by atoms with Crippen LogP contribution < -0.4 is 5.32 Å². The summed E-state index contributed by atoms with van der Waals surface area (Å²) in [7, 11) is 0. The second-order valence-electron chi connectivity index (χ2n) is 6.44. The number of aromatic nitrogens is 2. The van der Waals surface area contributed by atoms with Crippen LogP contribution >= 0.6 is 0 Å². The Morgan fingerprint density at radius 1 is 1.45 bits per heavy atom. The molecule has 2 aromatic rings. The van der Waals surface area contributed by atoms with Crippen LogP contribution in [-0.4, -0.2) is 46.5 Å². The van der Waals surface area contributed by atoms with Crippen LogP contribution in [0.3, 0.4) is 0 Å². The normalized spacial score (nSPS) is 19.7. The molecule has 1 amide bonds. The lowest BCUT2D eigenvalue weighted by Crippen LogP contribution is -2.43. The van der Waals surface area contributed by atoms with E-state index in [9.17, 15) is 4.79 Å². The molecule has 2 N–H and O–H groups in total. The van der Waals surface area contributed by atoms with Gasteiger partial charge in [-0.05, 0) is 45.4 Å². The van der Waals surface area contributed by atoms with Crippen LogP contribution in [0.15, 0.2) is 24.3 Å². The first-order valence-corrected chi connectivity index (χ1v) is 8.08. The molecule has 1 aliphatic rings. The molecule has 22 heavy (non-hydrogen) atoms. The predicted molar refractivity (Wildman–Crippen MR) is 87.8 cm³/mol. The number of hydrogen-bond acceptors (Lipinski definition) is 3. The summed E-state index contributed by atoms with van der Waals surface area (Å²) in [6.45, 7) is 6.35. The lowest BCUT2D eigenvalue weighted by molar-refractivity contribution is -0.123. The van der Waals surface area contributed by atoms with Crippen LogP contribution in [-0.2, 0) is 4.79 Å². The minimum absolute atomic E-state index is 0.111. The number of amides is 1. The van der Waals surface area contributed by atoms with Crippen LogP contribution in [0.5, 0.6) is 0 Å². The third kappa shape index (κ3) is 3.47. The van der Waals surface area contributed by atoms with E-state index in [1.54, 1.807) is 0 Å². The van der Waals surface area contributed by atoms with Gasteiger partial charge in [-0.15, -0.1) is 0 Å². The molecule has 0 aliphatic carbocycles. The molecule has 0 saturated carbocycles. The van der Waals surface area contributed by atoms with Gasteiger partial charge in [0, 0.05) is 18.5 Å². The van der Waals surface area contributed by atoms with Crippen molar-refractivity contribution in [3.8, 4) is 0 Å². The van der Waals surface area contributed by atoms with E-state index in [0.717, 1.165) is 42.8 Å². The van der Waals surface area contributed by atoms with Crippen molar-refractivity contribution in [2.75, 3.05) is 19.6 Å². The molecule has 0 unspecified atom stereocenters. The number of carbonyl (C=O) groups excluding carboxylic acids is 1. The number of rotatable bonds is 4. The molecule has 0 radical (unpaired) electrons. The maximum atomic E-state index is 11.9. The van der Waals surface area contributed by atoms with Crippen molar-refractivity contribution in [3.05, 3.63) is 30.1 Å². The first-order valence-electron chi connectivity index (χ1n) is 8.08. The number of imidazole rings is 1. The Bertz CT molecular complexity index is 616.